The standard InChI is InChI=1S/C10H15N3O4/c14-8(12-17-7-3-1-2-4-7)6-13-9(15)5-11-10(13)16/h7H,1-6H2,(H,11,16)(H,12,14). The molecule has 0 aromatic heterocycles. The Morgan fingerprint density at radius 2 is 2.12 bits per heavy atom. The number of hydrogen-bond acceptors (Lipinski definition) is 4. The van der Waals surface area contributed by atoms with Gasteiger partial charge in [-0.2, -0.15) is 0 Å². The fraction of sp³-hybridized carbons (Fsp3) is 0.700. The molecule has 0 aromatic carbocycles. The third kappa shape index (κ3) is 2.94. The molecule has 2 fully saturated rings. The van der Waals surface area contributed by atoms with E-state index in [0.29, 0.717) is 0 Å². The number of carbonyl (C=O) groups is 3. The number of hydroxylamine groups is 1. The van der Waals surface area contributed by atoms with Crippen LogP contribution in [0.2, 0.25) is 0 Å². The van der Waals surface area contributed by atoms with Crippen LogP contribution in [0.15, 0.2) is 0 Å². The lowest BCUT2D eigenvalue weighted by Gasteiger charge is -2.14. The molecule has 1 saturated carbocycles. The zero-order chi connectivity index (χ0) is 12.3. The monoisotopic (exact) mass is 241 g/mol. The maximum Gasteiger partial charge on any atom is 0.325 e. The molecule has 17 heavy (non-hydrogen) atoms. The van der Waals surface area contributed by atoms with Crippen LogP contribution in [0.4, 0.5) is 4.79 Å². The highest BCUT2D eigenvalue weighted by molar-refractivity contribution is 6.04. The molecule has 0 spiro atoms. The minimum absolute atomic E-state index is 0.0460. The average Bonchev–Trinajstić information content (AvgIpc) is 2.91. The van der Waals surface area contributed by atoms with E-state index in [1.54, 1.807) is 0 Å². The fourth-order valence-electron chi connectivity index (χ4n) is 1.95. The predicted molar refractivity (Wildman–Crippen MR) is 56.6 cm³/mol. The van der Waals surface area contributed by atoms with Crippen LogP contribution in [0.1, 0.15) is 25.7 Å². The van der Waals surface area contributed by atoms with E-state index in [-0.39, 0.29) is 19.2 Å². The van der Waals surface area contributed by atoms with Crippen LogP contribution in [0.25, 0.3) is 0 Å². The molecule has 1 heterocycles. The predicted octanol–water partition coefficient (Wildman–Crippen LogP) is -0.471. The van der Waals surface area contributed by atoms with Gasteiger partial charge in [-0.1, -0.05) is 12.8 Å². The van der Waals surface area contributed by atoms with Gasteiger partial charge < -0.3 is 5.32 Å². The molecule has 0 atom stereocenters. The lowest BCUT2D eigenvalue weighted by atomic mass is 10.3. The molecule has 2 rings (SSSR count). The van der Waals surface area contributed by atoms with E-state index < -0.39 is 17.8 Å². The second-order valence-corrected chi connectivity index (χ2v) is 4.19. The van der Waals surface area contributed by atoms with Crippen molar-refractivity contribution in [3.8, 4) is 0 Å². The summed E-state index contributed by atoms with van der Waals surface area (Å²) >= 11 is 0. The Morgan fingerprint density at radius 1 is 1.41 bits per heavy atom. The number of imide groups is 1. The minimum Gasteiger partial charge on any atom is -0.329 e. The Kier molecular flexibility index (Phi) is 3.58. The van der Waals surface area contributed by atoms with Crippen molar-refractivity contribution in [1.82, 2.24) is 15.7 Å². The quantitative estimate of drug-likeness (QED) is 0.514. The lowest BCUT2D eigenvalue weighted by molar-refractivity contribution is -0.141. The van der Waals surface area contributed by atoms with Crippen molar-refractivity contribution >= 4 is 17.8 Å². The zero-order valence-corrected chi connectivity index (χ0v) is 9.40. The molecule has 94 valence electrons. The van der Waals surface area contributed by atoms with Gasteiger partial charge in [0.1, 0.15) is 6.54 Å². The first kappa shape index (κ1) is 11.8. The van der Waals surface area contributed by atoms with Gasteiger partial charge in [-0.3, -0.25) is 19.3 Å². The van der Waals surface area contributed by atoms with E-state index in [2.05, 4.69) is 10.8 Å². The summed E-state index contributed by atoms with van der Waals surface area (Å²) in [6.07, 6.45) is 4.13. The van der Waals surface area contributed by atoms with Gasteiger partial charge in [0.15, 0.2) is 0 Å². The smallest absolute Gasteiger partial charge is 0.325 e. The maximum absolute atomic E-state index is 11.4. The first-order valence-electron chi connectivity index (χ1n) is 5.69. The Bertz CT molecular complexity index is 322. The molecular formula is C10H15N3O4. The first-order valence-corrected chi connectivity index (χ1v) is 5.69. The van der Waals surface area contributed by atoms with Crippen molar-refractivity contribution in [1.29, 1.82) is 0 Å². The molecule has 1 aliphatic carbocycles. The Balaban J connectivity index is 1.73. The summed E-state index contributed by atoms with van der Waals surface area (Å²) in [6, 6.07) is -0.536. The van der Waals surface area contributed by atoms with Gasteiger partial charge in [0.25, 0.3) is 11.8 Å². The van der Waals surface area contributed by atoms with Crippen molar-refractivity contribution in [2.24, 2.45) is 0 Å². The van der Waals surface area contributed by atoms with Crippen molar-refractivity contribution < 1.29 is 19.2 Å². The van der Waals surface area contributed by atoms with Gasteiger partial charge in [0, 0.05) is 0 Å². The molecule has 0 bridgehead atoms. The van der Waals surface area contributed by atoms with Crippen molar-refractivity contribution in [3.05, 3.63) is 0 Å². The van der Waals surface area contributed by atoms with Gasteiger partial charge in [-0.25, -0.2) is 10.3 Å². The Morgan fingerprint density at radius 3 is 2.71 bits per heavy atom. The fourth-order valence-corrected chi connectivity index (χ4v) is 1.95. The van der Waals surface area contributed by atoms with Gasteiger partial charge in [0.2, 0.25) is 0 Å². The number of nitrogens with zero attached hydrogens (tertiary/aromatic N) is 1. The molecular weight excluding hydrogens is 226 g/mol. The largest absolute Gasteiger partial charge is 0.329 e. The van der Waals surface area contributed by atoms with Crippen molar-refractivity contribution in [2.45, 2.75) is 31.8 Å². The lowest BCUT2D eigenvalue weighted by Crippen LogP contribution is -2.41. The highest BCUT2D eigenvalue weighted by atomic mass is 16.7. The van der Waals surface area contributed by atoms with E-state index in [1.165, 1.54) is 0 Å². The minimum atomic E-state index is -0.536. The molecule has 1 aliphatic heterocycles. The van der Waals surface area contributed by atoms with Crippen molar-refractivity contribution in [2.75, 3.05) is 13.1 Å². The van der Waals surface area contributed by atoms with Crippen LogP contribution in [-0.2, 0) is 14.4 Å². The molecule has 0 aromatic rings. The number of amides is 4. The summed E-state index contributed by atoms with van der Waals surface area (Å²) in [7, 11) is 0. The SMILES string of the molecule is O=C(CN1C(=O)CNC1=O)NOC1CCCC1. The van der Waals surface area contributed by atoms with Crippen LogP contribution in [0, 0.1) is 0 Å². The summed E-state index contributed by atoms with van der Waals surface area (Å²) in [5, 5.41) is 2.34. The second-order valence-electron chi connectivity index (χ2n) is 4.19. The summed E-state index contributed by atoms with van der Waals surface area (Å²) in [5.74, 6) is -0.881. The molecule has 4 amide bonds. The molecule has 7 heteroatoms. The van der Waals surface area contributed by atoms with E-state index in [0.717, 1.165) is 30.6 Å². The first-order chi connectivity index (χ1) is 8.16. The number of carbonyl (C=O) groups excluding carboxylic acids is 3. The van der Waals surface area contributed by atoms with E-state index in [4.69, 9.17) is 4.84 Å². The summed E-state index contributed by atoms with van der Waals surface area (Å²) in [4.78, 5) is 39.8. The van der Waals surface area contributed by atoms with Crippen LogP contribution >= 0.6 is 0 Å². The molecule has 0 radical (unpaired) electrons. The number of rotatable bonds is 4. The summed E-state index contributed by atoms with van der Waals surface area (Å²) < 4.78 is 0. The highest BCUT2D eigenvalue weighted by Gasteiger charge is 2.30. The summed E-state index contributed by atoms with van der Waals surface area (Å²) in [6.45, 7) is -0.340. The summed E-state index contributed by atoms with van der Waals surface area (Å²) in [5.41, 5.74) is 2.28. The molecule has 2 aliphatic rings. The third-order valence-corrected chi connectivity index (χ3v) is 2.88. The average molecular weight is 241 g/mol. The zero-order valence-electron chi connectivity index (χ0n) is 9.40. The van der Waals surface area contributed by atoms with Crippen molar-refractivity contribution in [3.63, 3.8) is 0 Å². The van der Waals surface area contributed by atoms with Gasteiger partial charge >= 0.3 is 6.03 Å². The van der Waals surface area contributed by atoms with Crippen LogP contribution in [0.3, 0.4) is 0 Å². The normalized spacial score (nSPS) is 20.8. The van der Waals surface area contributed by atoms with E-state index >= 15 is 0 Å². The van der Waals surface area contributed by atoms with Gasteiger partial charge in [-0.15, -0.1) is 0 Å². The third-order valence-electron chi connectivity index (χ3n) is 2.88. The van der Waals surface area contributed by atoms with E-state index in [1.807, 2.05) is 0 Å². The second kappa shape index (κ2) is 5.13. The van der Waals surface area contributed by atoms with Crippen LogP contribution in [0.5, 0.6) is 0 Å². The topological polar surface area (TPSA) is 87.7 Å². The molecule has 2 N–H and O–H groups in total. The Labute approximate surface area is 98.4 Å². The molecule has 1 saturated heterocycles. The maximum atomic E-state index is 11.4. The molecule has 0 unspecified atom stereocenters. The van der Waals surface area contributed by atoms with Crippen LogP contribution in [-0.4, -0.2) is 41.9 Å². The van der Waals surface area contributed by atoms with Crippen LogP contribution < -0.4 is 10.8 Å². The van der Waals surface area contributed by atoms with Gasteiger partial charge in [0.05, 0.1) is 12.6 Å². The van der Waals surface area contributed by atoms with E-state index in [9.17, 15) is 14.4 Å². The number of urea groups is 1. The highest BCUT2D eigenvalue weighted by Crippen LogP contribution is 2.19. The number of nitrogens with one attached hydrogen (secondary N) is 2. The molecule has 7 nitrogen and oxygen atoms in total. The number of hydrogen-bond donors (Lipinski definition) is 2. The Hall–Kier alpha value is -1.63. The van der Waals surface area contributed by atoms with Gasteiger partial charge in [-0.05, 0) is 12.8 Å².